The first-order valence-corrected chi connectivity index (χ1v) is 8.56. The van der Waals surface area contributed by atoms with Crippen LogP contribution in [0.3, 0.4) is 0 Å². The number of rotatable bonds is 4. The van der Waals surface area contributed by atoms with Gasteiger partial charge in [0.1, 0.15) is 11.6 Å². The van der Waals surface area contributed by atoms with Gasteiger partial charge in [-0.3, -0.25) is 4.79 Å². The minimum absolute atomic E-state index is 0.0798. The van der Waals surface area contributed by atoms with Crippen LogP contribution in [0.15, 0.2) is 59.4 Å². The van der Waals surface area contributed by atoms with Crippen molar-refractivity contribution in [3.8, 4) is 28.3 Å². The van der Waals surface area contributed by atoms with Crippen LogP contribution in [0, 0.1) is 18.3 Å². The first-order chi connectivity index (χ1) is 13.0. The number of aryl methyl sites for hydroxylation is 1. The van der Waals surface area contributed by atoms with Crippen LogP contribution in [-0.4, -0.2) is 17.6 Å². The van der Waals surface area contributed by atoms with Gasteiger partial charge >= 0.3 is 5.97 Å². The molecule has 0 fully saturated rings. The van der Waals surface area contributed by atoms with Crippen molar-refractivity contribution in [3.05, 3.63) is 81.8 Å². The molecule has 134 valence electrons. The van der Waals surface area contributed by atoms with Gasteiger partial charge in [0, 0.05) is 11.3 Å². The van der Waals surface area contributed by atoms with Crippen LogP contribution >= 0.6 is 0 Å². The number of nitriles is 1. The van der Waals surface area contributed by atoms with Crippen LogP contribution in [0.5, 0.6) is 0 Å². The van der Waals surface area contributed by atoms with E-state index >= 15 is 0 Å². The van der Waals surface area contributed by atoms with E-state index in [0.29, 0.717) is 23.4 Å². The van der Waals surface area contributed by atoms with Gasteiger partial charge in [0.2, 0.25) is 0 Å². The first-order valence-electron chi connectivity index (χ1n) is 8.56. The minimum atomic E-state index is -0.403. The molecule has 5 heteroatoms. The zero-order valence-electron chi connectivity index (χ0n) is 15.1. The van der Waals surface area contributed by atoms with Gasteiger partial charge in [-0.25, -0.2) is 4.79 Å². The highest BCUT2D eigenvalue weighted by Crippen LogP contribution is 2.33. The van der Waals surface area contributed by atoms with Gasteiger partial charge < -0.3 is 9.72 Å². The normalized spacial score (nSPS) is 10.3. The lowest BCUT2D eigenvalue weighted by atomic mass is 9.92. The van der Waals surface area contributed by atoms with Gasteiger partial charge in [-0.05, 0) is 48.7 Å². The number of benzene rings is 2. The van der Waals surface area contributed by atoms with E-state index in [-0.39, 0.29) is 11.5 Å². The molecule has 0 aliphatic carbocycles. The maximum atomic E-state index is 12.2. The molecule has 3 rings (SSSR count). The summed E-state index contributed by atoms with van der Waals surface area (Å²) in [6.07, 6.45) is 0. The highest BCUT2D eigenvalue weighted by atomic mass is 16.5. The minimum Gasteiger partial charge on any atom is -0.462 e. The predicted molar refractivity (Wildman–Crippen MR) is 103 cm³/mol. The highest BCUT2D eigenvalue weighted by Gasteiger charge is 2.15. The predicted octanol–water partition coefficient (Wildman–Crippen LogP) is 4.07. The van der Waals surface area contributed by atoms with Crippen molar-refractivity contribution in [1.29, 1.82) is 5.26 Å². The summed E-state index contributed by atoms with van der Waals surface area (Å²) in [5.74, 6) is -0.366. The number of carbonyl (C=O) groups excluding carboxylic acids is 1. The third-order valence-corrected chi connectivity index (χ3v) is 4.20. The number of ether oxygens (including phenoxy) is 1. The number of hydrogen-bond acceptors (Lipinski definition) is 4. The highest BCUT2D eigenvalue weighted by molar-refractivity contribution is 5.91. The number of H-pyrrole nitrogens is 1. The van der Waals surface area contributed by atoms with Crippen molar-refractivity contribution in [3.63, 3.8) is 0 Å². The van der Waals surface area contributed by atoms with Crippen LogP contribution in [0.4, 0.5) is 0 Å². The molecular weight excluding hydrogens is 340 g/mol. The van der Waals surface area contributed by atoms with Gasteiger partial charge in [0.25, 0.3) is 5.56 Å². The van der Waals surface area contributed by atoms with Gasteiger partial charge in [-0.15, -0.1) is 0 Å². The summed E-state index contributed by atoms with van der Waals surface area (Å²) < 4.78 is 5.01. The Morgan fingerprint density at radius 1 is 1.07 bits per heavy atom. The molecule has 27 heavy (non-hydrogen) atoms. The van der Waals surface area contributed by atoms with E-state index in [1.54, 1.807) is 32.0 Å². The Bertz CT molecular complexity index is 1090. The molecule has 0 spiro atoms. The van der Waals surface area contributed by atoms with Crippen LogP contribution < -0.4 is 5.56 Å². The molecule has 0 aliphatic rings. The monoisotopic (exact) mass is 358 g/mol. The van der Waals surface area contributed by atoms with E-state index < -0.39 is 5.56 Å². The Balaban J connectivity index is 2.13. The maximum absolute atomic E-state index is 12.2. The molecule has 1 heterocycles. The zero-order chi connectivity index (χ0) is 19.4. The molecule has 0 aliphatic heterocycles. The number of nitrogens with one attached hydrogen (secondary N) is 1. The summed E-state index contributed by atoms with van der Waals surface area (Å²) >= 11 is 0. The number of esters is 1. The number of aromatic nitrogens is 1. The molecule has 0 bridgehead atoms. The van der Waals surface area contributed by atoms with E-state index in [2.05, 4.69) is 4.98 Å². The summed E-state index contributed by atoms with van der Waals surface area (Å²) in [7, 11) is 0. The van der Waals surface area contributed by atoms with Crippen molar-refractivity contribution in [2.24, 2.45) is 0 Å². The molecule has 0 amide bonds. The number of carbonyl (C=O) groups is 1. The zero-order valence-corrected chi connectivity index (χ0v) is 15.1. The number of nitrogens with zero attached hydrogens (tertiary/aromatic N) is 1. The van der Waals surface area contributed by atoms with E-state index in [0.717, 1.165) is 16.7 Å². The van der Waals surface area contributed by atoms with Crippen molar-refractivity contribution >= 4 is 5.97 Å². The Kier molecular flexibility index (Phi) is 5.18. The average Bonchev–Trinajstić information content (AvgIpc) is 2.68. The summed E-state index contributed by atoms with van der Waals surface area (Å²) in [5, 5.41) is 9.44. The largest absolute Gasteiger partial charge is 0.462 e. The molecule has 1 aromatic heterocycles. The SMILES string of the molecule is CCOC(=O)c1ccc(-c2ccccc2-c2cc(C)[nH]c(=O)c2C#N)cc1. The molecule has 0 radical (unpaired) electrons. The average molecular weight is 358 g/mol. The van der Waals surface area contributed by atoms with Crippen LogP contribution in [0.1, 0.15) is 28.5 Å². The fourth-order valence-corrected chi connectivity index (χ4v) is 2.98. The molecule has 3 aromatic rings. The van der Waals surface area contributed by atoms with Crippen molar-refractivity contribution in [2.45, 2.75) is 13.8 Å². The number of hydrogen-bond donors (Lipinski definition) is 1. The molecule has 5 nitrogen and oxygen atoms in total. The summed E-state index contributed by atoms with van der Waals surface area (Å²) in [6, 6.07) is 18.4. The quantitative estimate of drug-likeness (QED) is 0.713. The van der Waals surface area contributed by atoms with Crippen LogP contribution in [0.2, 0.25) is 0 Å². The first kappa shape index (κ1) is 18.2. The van der Waals surface area contributed by atoms with Crippen LogP contribution in [0.25, 0.3) is 22.3 Å². The van der Waals surface area contributed by atoms with Gasteiger partial charge in [0.05, 0.1) is 12.2 Å². The van der Waals surface area contributed by atoms with E-state index in [9.17, 15) is 14.9 Å². The van der Waals surface area contributed by atoms with Gasteiger partial charge in [-0.1, -0.05) is 36.4 Å². The summed E-state index contributed by atoms with van der Waals surface area (Å²) in [6.45, 7) is 3.86. The topological polar surface area (TPSA) is 83.0 Å². The van der Waals surface area contributed by atoms with E-state index in [1.165, 1.54) is 0 Å². The van der Waals surface area contributed by atoms with Crippen LogP contribution in [-0.2, 0) is 4.74 Å². The second kappa shape index (κ2) is 7.71. The number of pyridine rings is 1. The third-order valence-electron chi connectivity index (χ3n) is 4.20. The smallest absolute Gasteiger partial charge is 0.338 e. The Morgan fingerprint density at radius 3 is 2.37 bits per heavy atom. The van der Waals surface area contributed by atoms with E-state index in [4.69, 9.17) is 4.74 Å². The van der Waals surface area contributed by atoms with Crippen molar-refractivity contribution in [1.82, 2.24) is 4.98 Å². The molecule has 0 saturated heterocycles. The lowest BCUT2D eigenvalue weighted by Gasteiger charge is -2.12. The maximum Gasteiger partial charge on any atom is 0.338 e. The lowest BCUT2D eigenvalue weighted by Crippen LogP contribution is -2.12. The van der Waals surface area contributed by atoms with E-state index in [1.807, 2.05) is 42.5 Å². The fourth-order valence-electron chi connectivity index (χ4n) is 2.98. The molecule has 0 atom stereocenters. The standard InChI is InChI=1S/C22H18N2O3/c1-3-27-22(26)16-10-8-15(9-11-16)17-6-4-5-7-18(17)19-12-14(2)24-21(25)20(19)13-23/h4-12H,3H2,1-2H3,(H,24,25). The third kappa shape index (κ3) is 3.65. The van der Waals surface area contributed by atoms with Gasteiger partial charge in [0.15, 0.2) is 0 Å². The number of aromatic amines is 1. The van der Waals surface area contributed by atoms with Crippen molar-refractivity contribution < 1.29 is 9.53 Å². The second-order valence-corrected chi connectivity index (χ2v) is 6.03. The Labute approximate surface area is 156 Å². The molecule has 1 N–H and O–H groups in total. The molecule has 0 unspecified atom stereocenters. The Morgan fingerprint density at radius 2 is 1.74 bits per heavy atom. The lowest BCUT2D eigenvalue weighted by molar-refractivity contribution is 0.0526. The van der Waals surface area contributed by atoms with Crippen molar-refractivity contribution in [2.75, 3.05) is 6.61 Å². The molecular formula is C22H18N2O3. The Hall–Kier alpha value is -3.65. The molecule has 2 aromatic carbocycles. The summed E-state index contributed by atoms with van der Waals surface area (Å²) in [5.41, 5.74) is 3.95. The van der Waals surface area contributed by atoms with Gasteiger partial charge in [-0.2, -0.15) is 5.26 Å². The summed E-state index contributed by atoms with van der Waals surface area (Å²) in [4.78, 5) is 26.7. The fraction of sp³-hybridized carbons (Fsp3) is 0.136. The second-order valence-electron chi connectivity index (χ2n) is 6.03. The molecule has 0 saturated carbocycles.